The third-order valence-electron chi connectivity index (χ3n) is 2.74. The van der Waals surface area contributed by atoms with Gasteiger partial charge < -0.3 is 0 Å². The molecule has 0 fully saturated rings. The summed E-state index contributed by atoms with van der Waals surface area (Å²) in [5.74, 6) is 0. The molecule has 18 heavy (non-hydrogen) atoms. The summed E-state index contributed by atoms with van der Waals surface area (Å²) in [5.41, 5.74) is 4.72. The Labute approximate surface area is 108 Å². The van der Waals surface area contributed by atoms with Crippen LogP contribution in [-0.2, 0) is 23.0 Å². The fourth-order valence-corrected chi connectivity index (χ4v) is 1.71. The Morgan fingerprint density at radius 2 is 1.39 bits per heavy atom. The zero-order chi connectivity index (χ0) is 12.8. The van der Waals surface area contributed by atoms with Crippen LogP contribution in [0.15, 0.2) is 48.5 Å². The van der Waals surface area contributed by atoms with Gasteiger partial charge in [0, 0.05) is 0 Å². The van der Waals surface area contributed by atoms with Crippen LogP contribution in [0.3, 0.4) is 0 Å². The van der Waals surface area contributed by atoms with Gasteiger partial charge in [0.1, 0.15) is 13.2 Å². The molecule has 0 saturated carbocycles. The molecule has 0 amide bonds. The topological polar surface area (TPSA) is 18.5 Å². The average molecular weight is 242 g/mol. The zero-order valence-corrected chi connectivity index (χ0v) is 10.8. The van der Waals surface area contributed by atoms with Crippen molar-refractivity contribution in [1.82, 2.24) is 0 Å². The first-order valence-electron chi connectivity index (χ1n) is 6.09. The smallest absolute Gasteiger partial charge is 0.107 e. The van der Waals surface area contributed by atoms with Gasteiger partial charge in [-0.2, -0.15) is 0 Å². The van der Waals surface area contributed by atoms with E-state index in [9.17, 15) is 0 Å². The second-order valence-electron chi connectivity index (χ2n) is 4.50. The summed E-state index contributed by atoms with van der Waals surface area (Å²) in [6, 6.07) is 16.4. The lowest BCUT2D eigenvalue weighted by molar-refractivity contribution is -0.313. The molecule has 0 saturated heterocycles. The molecule has 2 heteroatoms. The maximum Gasteiger partial charge on any atom is 0.107 e. The minimum absolute atomic E-state index is 0.478. The van der Waals surface area contributed by atoms with E-state index in [4.69, 9.17) is 9.78 Å². The Balaban J connectivity index is 1.74. The first-order chi connectivity index (χ1) is 8.74. The number of benzene rings is 2. The highest BCUT2D eigenvalue weighted by Gasteiger charge is 1.96. The molecule has 0 aliphatic rings. The normalized spacial score (nSPS) is 10.6. The third-order valence-corrected chi connectivity index (χ3v) is 2.74. The Hall–Kier alpha value is -1.64. The Morgan fingerprint density at radius 1 is 0.722 bits per heavy atom. The molecule has 0 atom stereocenters. The lowest BCUT2D eigenvalue weighted by atomic mass is 10.1. The van der Waals surface area contributed by atoms with Crippen molar-refractivity contribution in [3.8, 4) is 0 Å². The summed E-state index contributed by atoms with van der Waals surface area (Å²) in [6.07, 6.45) is 0. The van der Waals surface area contributed by atoms with E-state index in [0.717, 1.165) is 11.1 Å². The number of aryl methyl sites for hydroxylation is 2. The molecule has 0 aliphatic heterocycles. The molecule has 0 unspecified atom stereocenters. The van der Waals surface area contributed by atoms with Crippen molar-refractivity contribution in [3.05, 3.63) is 70.8 Å². The molecular weight excluding hydrogens is 224 g/mol. The highest BCUT2D eigenvalue weighted by atomic mass is 17.2. The molecule has 2 nitrogen and oxygen atoms in total. The van der Waals surface area contributed by atoms with Crippen LogP contribution in [0.2, 0.25) is 0 Å². The van der Waals surface area contributed by atoms with Gasteiger partial charge in [-0.1, -0.05) is 59.7 Å². The maximum atomic E-state index is 5.21. The molecule has 0 radical (unpaired) electrons. The van der Waals surface area contributed by atoms with Crippen molar-refractivity contribution < 1.29 is 9.78 Å². The van der Waals surface area contributed by atoms with Crippen molar-refractivity contribution >= 4 is 0 Å². The van der Waals surface area contributed by atoms with Gasteiger partial charge in [-0.05, 0) is 25.0 Å². The summed E-state index contributed by atoms with van der Waals surface area (Å²) in [5, 5.41) is 0. The average Bonchev–Trinajstić information content (AvgIpc) is 2.37. The van der Waals surface area contributed by atoms with Crippen LogP contribution in [0.1, 0.15) is 22.3 Å². The highest BCUT2D eigenvalue weighted by Crippen LogP contribution is 2.08. The predicted molar refractivity (Wildman–Crippen MR) is 71.9 cm³/mol. The molecule has 94 valence electrons. The number of rotatable bonds is 5. The van der Waals surface area contributed by atoms with Crippen LogP contribution in [0.25, 0.3) is 0 Å². The second kappa shape index (κ2) is 6.34. The first kappa shape index (κ1) is 12.8. The van der Waals surface area contributed by atoms with Gasteiger partial charge in [-0.15, -0.1) is 0 Å². The van der Waals surface area contributed by atoms with Crippen LogP contribution in [0, 0.1) is 13.8 Å². The van der Waals surface area contributed by atoms with Crippen molar-refractivity contribution in [1.29, 1.82) is 0 Å². The second-order valence-corrected chi connectivity index (χ2v) is 4.50. The van der Waals surface area contributed by atoms with Crippen LogP contribution in [-0.4, -0.2) is 0 Å². The quantitative estimate of drug-likeness (QED) is 0.449. The molecule has 0 aromatic heterocycles. The van der Waals surface area contributed by atoms with E-state index in [2.05, 4.69) is 38.1 Å². The fourth-order valence-electron chi connectivity index (χ4n) is 1.71. The molecule has 2 aromatic rings. The van der Waals surface area contributed by atoms with Crippen molar-refractivity contribution in [2.45, 2.75) is 27.1 Å². The number of hydrogen-bond donors (Lipinski definition) is 0. The molecule has 0 N–H and O–H groups in total. The predicted octanol–water partition coefficient (Wildman–Crippen LogP) is 3.95. The van der Waals surface area contributed by atoms with Crippen LogP contribution in [0.5, 0.6) is 0 Å². The van der Waals surface area contributed by atoms with Gasteiger partial charge in [0.15, 0.2) is 0 Å². The lowest BCUT2D eigenvalue weighted by Gasteiger charge is -2.05. The van der Waals surface area contributed by atoms with Gasteiger partial charge in [0.2, 0.25) is 0 Å². The monoisotopic (exact) mass is 242 g/mol. The van der Waals surface area contributed by atoms with E-state index in [0.29, 0.717) is 13.2 Å². The van der Waals surface area contributed by atoms with Gasteiger partial charge in [0.25, 0.3) is 0 Å². The first-order valence-corrected chi connectivity index (χ1v) is 6.09. The Kier molecular flexibility index (Phi) is 4.51. The summed E-state index contributed by atoms with van der Waals surface area (Å²) in [4.78, 5) is 10.4. The lowest BCUT2D eigenvalue weighted by Crippen LogP contribution is -1.96. The van der Waals surface area contributed by atoms with E-state index in [-0.39, 0.29) is 0 Å². The van der Waals surface area contributed by atoms with E-state index < -0.39 is 0 Å². The molecule has 0 bridgehead atoms. The third kappa shape index (κ3) is 3.99. The highest BCUT2D eigenvalue weighted by molar-refractivity contribution is 5.21. The molecule has 2 aromatic carbocycles. The summed E-state index contributed by atoms with van der Waals surface area (Å²) in [7, 11) is 0. The van der Waals surface area contributed by atoms with E-state index in [1.54, 1.807) is 0 Å². The van der Waals surface area contributed by atoms with Gasteiger partial charge in [0.05, 0.1) is 0 Å². The molecule has 0 aliphatic carbocycles. The summed E-state index contributed by atoms with van der Waals surface area (Å²) >= 11 is 0. The molecule has 2 rings (SSSR count). The van der Waals surface area contributed by atoms with Crippen LogP contribution in [0.4, 0.5) is 0 Å². The minimum atomic E-state index is 0.478. The van der Waals surface area contributed by atoms with Crippen molar-refractivity contribution in [3.63, 3.8) is 0 Å². The Bertz CT molecular complexity index is 489. The fraction of sp³-hybridized carbons (Fsp3) is 0.250. The van der Waals surface area contributed by atoms with Gasteiger partial charge >= 0.3 is 0 Å². The van der Waals surface area contributed by atoms with E-state index >= 15 is 0 Å². The SMILES string of the molecule is Cc1ccc(COOCc2cccc(C)c2)cc1. The molecule has 0 spiro atoms. The minimum Gasteiger partial charge on any atom is -0.232 e. The standard InChI is InChI=1S/C16H18O2/c1-13-6-8-15(9-7-13)11-17-18-12-16-5-3-4-14(2)10-16/h3-10H,11-12H2,1-2H3. The Morgan fingerprint density at radius 3 is 2.06 bits per heavy atom. The van der Waals surface area contributed by atoms with E-state index in [1.807, 2.05) is 24.3 Å². The maximum absolute atomic E-state index is 5.21. The van der Waals surface area contributed by atoms with Gasteiger partial charge in [-0.3, -0.25) is 0 Å². The molecular formula is C16H18O2. The number of hydrogen-bond acceptors (Lipinski definition) is 2. The largest absolute Gasteiger partial charge is 0.232 e. The molecule has 0 heterocycles. The summed E-state index contributed by atoms with van der Waals surface area (Å²) in [6.45, 7) is 5.09. The van der Waals surface area contributed by atoms with Crippen LogP contribution >= 0.6 is 0 Å². The van der Waals surface area contributed by atoms with E-state index in [1.165, 1.54) is 11.1 Å². The van der Waals surface area contributed by atoms with Crippen molar-refractivity contribution in [2.75, 3.05) is 0 Å². The van der Waals surface area contributed by atoms with Crippen molar-refractivity contribution in [2.24, 2.45) is 0 Å². The summed E-state index contributed by atoms with van der Waals surface area (Å²) < 4.78 is 0. The zero-order valence-electron chi connectivity index (χ0n) is 10.8. The van der Waals surface area contributed by atoms with Crippen LogP contribution < -0.4 is 0 Å². The van der Waals surface area contributed by atoms with Gasteiger partial charge in [-0.25, -0.2) is 9.78 Å².